The summed E-state index contributed by atoms with van der Waals surface area (Å²) in [7, 11) is 0. The van der Waals surface area contributed by atoms with E-state index in [0.29, 0.717) is 5.92 Å². The van der Waals surface area contributed by atoms with Crippen molar-refractivity contribution in [2.24, 2.45) is 0 Å². The summed E-state index contributed by atoms with van der Waals surface area (Å²) in [6.07, 6.45) is -1.16. The van der Waals surface area contributed by atoms with Gasteiger partial charge in [-0.2, -0.15) is 4.89 Å². The number of carbonyl (C=O) groups excluding carboxylic acids is 1. The molecular formula is C17H30O7. The average molecular weight is 346 g/mol. The van der Waals surface area contributed by atoms with Gasteiger partial charge < -0.3 is 4.74 Å². The van der Waals surface area contributed by atoms with Crippen LogP contribution < -0.4 is 0 Å². The maximum Gasteiger partial charge on any atom is 0.542 e. The molecule has 0 atom stereocenters. The van der Waals surface area contributed by atoms with Crippen molar-refractivity contribution in [3.63, 3.8) is 0 Å². The molecule has 140 valence electrons. The van der Waals surface area contributed by atoms with E-state index in [4.69, 9.17) is 10.5 Å². The predicted molar refractivity (Wildman–Crippen MR) is 90.4 cm³/mol. The number of hydrogen-bond acceptors (Lipinski definition) is 7. The molecule has 0 heterocycles. The molecule has 0 aromatic heterocycles. The van der Waals surface area contributed by atoms with Crippen LogP contribution in [0.4, 0.5) is 4.79 Å². The summed E-state index contributed by atoms with van der Waals surface area (Å²) >= 11 is 0. The predicted octanol–water partition coefficient (Wildman–Crippen LogP) is 5.04. The van der Waals surface area contributed by atoms with Crippen molar-refractivity contribution in [2.75, 3.05) is 0 Å². The fourth-order valence-corrected chi connectivity index (χ4v) is 1.20. The van der Waals surface area contributed by atoms with E-state index in [-0.39, 0.29) is 6.10 Å². The van der Waals surface area contributed by atoms with Crippen molar-refractivity contribution in [1.82, 2.24) is 0 Å². The lowest BCUT2D eigenvalue weighted by atomic mass is 10.0. The van der Waals surface area contributed by atoms with Crippen LogP contribution >= 0.6 is 0 Å². The maximum atomic E-state index is 10.7. The number of rotatable bonds is 4. The highest BCUT2D eigenvalue weighted by atomic mass is 17.5. The molecular weight excluding hydrogens is 316 g/mol. The van der Waals surface area contributed by atoms with Crippen molar-refractivity contribution in [3.8, 4) is 0 Å². The van der Waals surface area contributed by atoms with Gasteiger partial charge in [0.15, 0.2) is 0 Å². The molecule has 0 aliphatic rings. The molecule has 0 unspecified atom stereocenters. The third-order valence-electron chi connectivity index (χ3n) is 2.18. The van der Waals surface area contributed by atoms with Crippen LogP contribution in [0.1, 0.15) is 59.9 Å². The SMILES string of the molecule is CC(C)OC(=O)OOOC(C)(C)C.CC(C)c1ccccc1.OO. The zero-order chi connectivity index (χ0) is 19.2. The Morgan fingerprint density at radius 3 is 1.83 bits per heavy atom. The van der Waals surface area contributed by atoms with Crippen LogP contribution in [0.2, 0.25) is 0 Å². The first-order valence-corrected chi connectivity index (χ1v) is 7.59. The summed E-state index contributed by atoms with van der Waals surface area (Å²) < 4.78 is 4.60. The maximum absolute atomic E-state index is 10.7. The summed E-state index contributed by atoms with van der Waals surface area (Å²) in [5.41, 5.74) is 0.885. The fourth-order valence-electron chi connectivity index (χ4n) is 1.20. The monoisotopic (exact) mass is 346 g/mol. The van der Waals surface area contributed by atoms with E-state index >= 15 is 0 Å². The van der Waals surface area contributed by atoms with Gasteiger partial charge in [0.05, 0.1) is 11.7 Å². The van der Waals surface area contributed by atoms with Gasteiger partial charge in [-0.15, -0.1) is 0 Å². The van der Waals surface area contributed by atoms with E-state index in [0.717, 1.165) is 0 Å². The molecule has 1 aromatic rings. The van der Waals surface area contributed by atoms with Crippen molar-refractivity contribution in [1.29, 1.82) is 0 Å². The average Bonchev–Trinajstić information content (AvgIpc) is 2.48. The zero-order valence-corrected chi connectivity index (χ0v) is 15.5. The van der Waals surface area contributed by atoms with Crippen LogP contribution in [0, 0.1) is 0 Å². The number of benzene rings is 1. The number of carbonyl (C=O) groups is 1. The molecule has 24 heavy (non-hydrogen) atoms. The van der Waals surface area contributed by atoms with Gasteiger partial charge in [0, 0.05) is 0 Å². The Bertz CT molecular complexity index is 411. The van der Waals surface area contributed by atoms with Crippen LogP contribution in [0.5, 0.6) is 0 Å². The summed E-state index contributed by atoms with van der Waals surface area (Å²) in [4.78, 5) is 19.5. The third-order valence-corrected chi connectivity index (χ3v) is 2.18. The Hall–Kier alpha value is -1.67. The van der Waals surface area contributed by atoms with Gasteiger partial charge in [0.25, 0.3) is 0 Å². The first-order valence-electron chi connectivity index (χ1n) is 7.59. The quantitative estimate of drug-likeness (QED) is 0.448. The molecule has 7 heteroatoms. The minimum absolute atomic E-state index is 0.245. The van der Waals surface area contributed by atoms with Gasteiger partial charge in [-0.1, -0.05) is 44.2 Å². The van der Waals surface area contributed by atoms with E-state index in [1.807, 2.05) is 6.07 Å². The first-order chi connectivity index (χ1) is 11.1. The van der Waals surface area contributed by atoms with Crippen LogP contribution in [0.25, 0.3) is 0 Å². The number of ether oxygens (including phenoxy) is 1. The molecule has 0 aliphatic carbocycles. The minimum atomic E-state index is -0.917. The minimum Gasteiger partial charge on any atom is -0.430 e. The van der Waals surface area contributed by atoms with Crippen LogP contribution in [0.15, 0.2) is 30.3 Å². The lowest BCUT2D eigenvalue weighted by Gasteiger charge is -2.15. The molecule has 0 saturated heterocycles. The second-order valence-electron chi connectivity index (χ2n) is 6.33. The van der Waals surface area contributed by atoms with Gasteiger partial charge >= 0.3 is 6.16 Å². The molecule has 0 spiro atoms. The van der Waals surface area contributed by atoms with E-state index in [1.165, 1.54) is 5.56 Å². The second kappa shape index (κ2) is 13.7. The van der Waals surface area contributed by atoms with Crippen LogP contribution in [0.3, 0.4) is 0 Å². The number of hydrogen-bond donors (Lipinski definition) is 2. The highest BCUT2D eigenvalue weighted by Crippen LogP contribution is 2.11. The third kappa shape index (κ3) is 16.7. The molecule has 1 aromatic carbocycles. The molecule has 1 rings (SSSR count). The van der Waals surface area contributed by atoms with Crippen molar-refractivity contribution >= 4 is 6.16 Å². The van der Waals surface area contributed by atoms with E-state index in [2.05, 4.69) is 57.7 Å². The molecule has 0 bridgehead atoms. The fraction of sp³-hybridized carbons (Fsp3) is 0.588. The molecule has 0 amide bonds. The Labute approximate surface area is 143 Å². The van der Waals surface area contributed by atoms with Crippen LogP contribution in [-0.4, -0.2) is 28.4 Å². The molecule has 0 aliphatic heterocycles. The van der Waals surface area contributed by atoms with E-state index in [9.17, 15) is 4.79 Å². The molecule has 2 N–H and O–H groups in total. The zero-order valence-electron chi connectivity index (χ0n) is 15.5. The van der Waals surface area contributed by atoms with Gasteiger partial charge in [-0.25, -0.2) is 9.68 Å². The van der Waals surface area contributed by atoms with Gasteiger partial charge in [-0.3, -0.25) is 10.5 Å². The normalized spacial score (nSPS) is 10.3. The van der Waals surface area contributed by atoms with Gasteiger partial charge in [0.1, 0.15) is 0 Å². The van der Waals surface area contributed by atoms with Crippen molar-refractivity contribution in [2.45, 2.75) is 66.1 Å². The second-order valence-corrected chi connectivity index (χ2v) is 6.33. The summed E-state index contributed by atoms with van der Waals surface area (Å²) in [5, 5.41) is 16.2. The smallest absolute Gasteiger partial charge is 0.430 e. The van der Waals surface area contributed by atoms with Crippen molar-refractivity contribution in [3.05, 3.63) is 35.9 Å². The van der Waals surface area contributed by atoms with E-state index < -0.39 is 11.8 Å². The Kier molecular flexibility index (Phi) is 14.1. The summed E-state index contributed by atoms with van der Waals surface area (Å²) in [5.74, 6) is 0.659. The molecule has 0 radical (unpaired) electrons. The standard InChI is InChI=1S/C9H12.C8H16O5.H2O2/c1-8(2)9-6-4-3-5-7-9;1-6(2)10-7(9)11-13-12-8(3,4)5;1-2/h3-8H,1-2H3;6H,1-5H3;1-2H. The lowest BCUT2D eigenvalue weighted by molar-refractivity contribution is -0.514. The highest BCUT2D eigenvalue weighted by molar-refractivity contribution is 5.59. The lowest BCUT2D eigenvalue weighted by Crippen LogP contribution is -2.21. The van der Waals surface area contributed by atoms with Gasteiger partial charge in [-0.05, 0) is 51.1 Å². The Morgan fingerprint density at radius 1 is 1.00 bits per heavy atom. The summed E-state index contributed by atoms with van der Waals surface area (Å²) in [6.45, 7) is 13.1. The largest absolute Gasteiger partial charge is 0.542 e. The molecule has 0 fully saturated rings. The highest BCUT2D eigenvalue weighted by Gasteiger charge is 2.15. The first kappa shape index (κ1) is 24.6. The van der Waals surface area contributed by atoms with Gasteiger partial charge in [0.2, 0.25) is 0 Å². The van der Waals surface area contributed by atoms with Crippen molar-refractivity contribution < 1.29 is 34.9 Å². The Morgan fingerprint density at radius 2 is 1.50 bits per heavy atom. The van der Waals surface area contributed by atoms with E-state index in [1.54, 1.807) is 34.6 Å². The summed E-state index contributed by atoms with van der Waals surface area (Å²) in [6, 6.07) is 10.5. The van der Waals surface area contributed by atoms with Crippen LogP contribution in [-0.2, 0) is 19.6 Å². The molecule has 7 nitrogen and oxygen atoms in total. The topological polar surface area (TPSA) is 94.5 Å². The molecule has 0 saturated carbocycles. The Balaban J connectivity index is 0.